The summed E-state index contributed by atoms with van der Waals surface area (Å²) in [5, 5.41) is 8.29. The third-order valence-corrected chi connectivity index (χ3v) is 1.19. The van der Waals surface area contributed by atoms with Crippen molar-refractivity contribution in [3.63, 3.8) is 0 Å². The molecule has 0 aliphatic rings. The summed E-state index contributed by atoms with van der Waals surface area (Å²) in [6, 6.07) is 3.17. The molecule has 0 atom stereocenters. The van der Waals surface area contributed by atoms with Gasteiger partial charge in [-0.05, 0) is 18.6 Å². The van der Waals surface area contributed by atoms with E-state index in [1.165, 1.54) is 12.3 Å². The highest BCUT2D eigenvalue weighted by molar-refractivity contribution is 5.26. The minimum absolute atomic E-state index is 0.139. The number of pyridine rings is 1. The monoisotopic (exact) mass is 136 g/mol. The Morgan fingerprint density at radius 2 is 2.40 bits per heavy atom. The van der Waals surface area contributed by atoms with Crippen molar-refractivity contribution in [1.29, 1.82) is 5.26 Å². The summed E-state index contributed by atoms with van der Waals surface area (Å²) < 4.78 is 12.7. The van der Waals surface area contributed by atoms with Crippen LogP contribution in [0.4, 0.5) is 4.39 Å². The molecule has 1 rings (SSSR count). The Morgan fingerprint density at radius 3 is 2.90 bits per heavy atom. The number of hydrogen-bond donors (Lipinski definition) is 0. The summed E-state index contributed by atoms with van der Waals surface area (Å²) in [4.78, 5) is 3.52. The van der Waals surface area contributed by atoms with Crippen LogP contribution in [-0.2, 0) is 0 Å². The van der Waals surface area contributed by atoms with Crippen LogP contribution in [0.25, 0.3) is 0 Å². The zero-order valence-electron chi connectivity index (χ0n) is 5.43. The van der Waals surface area contributed by atoms with Crippen LogP contribution in [0.15, 0.2) is 12.3 Å². The molecule has 0 saturated heterocycles. The molecule has 50 valence electrons. The fourth-order valence-corrected chi connectivity index (χ4v) is 0.618. The Kier molecular flexibility index (Phi) is 1.63. The normalized spacial score (nSPS) is 8.90. The molecule has 0 fully saturated rings. The van der Waals surface area contributed by atoms with Gasteiger partial charge in [-0.15, -0.1) is 0 Å². The van der Waals surface area contributed by atoms with Crippen molar-refractivity contribution in [3.05, 3.63) is 29.3 Å². The molecule has 0 bridgehead atoms. The molecule has 0 radical (unpaired) electrons. The van der Waals surface area contributed by atoms with E-state index in [9.17, 15) is 4.39 Å². The molecule has 1 aromatic heterocycles. The second-order valence-corrected chi connectivity index (χ2v) is 1.90. The van der Waals surface area contributed by atoms with Crippen LogP contribution in [0.1, 0.15) is 11.3 Å². The average Bonchev–Trinajstić information content (AvgIpc) is 1.95. The number of aryl methyl sites for hydroxylation is 1. The summed E-state index contributed by atoms with van der Waals surface area (Å²) in [6.07, 6.45) is 1.41. The van der Waals surface area contributed by atoms with Gasteiger partial charge in [0.25, 0.3) is 0 Å². The highest BCUT2D eigenvalue weighted by atomic mass is 19.1. The van der Waals surface area contributed by atoms with Gasteiger partial charge in [0.2, 0.25) is 0 Å². The summed E-state index contributed by atoms with van der Waals surface area (Å²) >= 11 is 0. The Labute approximate surface area is 57.9 Å². The van der Waals surface area contributed by atoms with Gasteiger partial charge in [0.1, 0.15) is 6.07 Å². The Bertz CT molecular complexity index is 288. The summed E-state index contributed by atoms with van der Waals surface area (Å²) in [6.45, 7) is 1.60. The molecule has 0 aliphatic heterocycles. The van der Waals surface area contributed by atoms with Crippen molar-refractivity contribution in [2.24, 2.45) is 0 Å². The lowest BCUT2D eigenvalue weighted by molar-refractivity contribution is 0.607. The van der Waals surface area contributed by atoms with Crippen LogP contribution >= 0.6 is 0 Å². The van der Waals surface area contributed by atoms with Gasteiger partial charge in [-0.1, -0.05) is 0 Å². The van der Waals surface area contributed by atoms with Crippen molar-refractivity contribution in [3.8, 4) is 6.07 Å². The number of halogens is 1. The smallest absolute Gasteiger partial charge is 0.176 e. The number of hydrogen-bond acceptors (Lipinski definition) is 2. The largest absolute Gasteiger partial charge is 0.243 e. The third-order valence-electron chi connectivity index (χ3n) is 1.19. The lowest BCUT2D eigenvalue weighted by atomic mass is 10.2. The zero-order valence-corrected chi connectivity index (χ0v) is 5.43. The minimum Gasteiger partial charge on any atom is -0.243 e. The van der Waals surface area contributed by atoms with E-state index in [1.54, 1.807) is 13.0 Å². The van der Waals surface area contributed by atoms with Crippen molar-refractivity contribution in [1.82, 2.24) is 4.98 Å². The lowest BCUT2D eigenvalue weighted by Crippen LogP contribution is -1.90. The molecule has 0 aromatic carbocycles. The predicted octanol–water partition coefficient (Wildman–Crippen LogP) is 1.40. The van der Waals surface area contributed by atoms with Crippen LogP contribution in [-0.4, -0.2) is 4.98 Å². The van der Waals surface area contributed by atoms with Gasteiger partial charge < -0.3 is 0 Å². The Hall–Kier alpha value is -1.43. The second-order valence-electron chi connectivity index (χ2n) is 1.90. The number of nitriles is 1. The first kappa shape index (κ1) is 6.69. The number of rotatable bonds is 0. The van der Waals surface area contributed by atoms with Crippen LogP contribution < -0.4 is 0 Å². The van der Waals surface area contributed by atoms with Gasteiger partial charge in [0.05, 0.1) is 0 Å². The second kappa shape index (κ2) is 2.44. The van der Waals surface area contributed by atoms with Crippen LogP contribution in [0.2, 0.25) is 0 Å². The molecule has 3 heteroatoms. The van der Waals surface area contributed by atoms with Gasteiger partial charge in [-0.3, -0.25) is 0 Å². The molecule has 1 aromatic rings. The van der Waals surface area contributed by atoms with Crippen molar-refractivity contribution >= 4 is 0 Å². The molecule has 0 spiro atoms. The maximum absolute atomic E-state index is 12.7. The first-order chi connectivity index (χ1) is 4.75. The standard InChI is InChI=1S/C7H5FN2/c1-5-2-3-10-6(4-9)7(5)8/h2-3H,1H3. The van der Waals surface area contributed by atoms with E-state index in [2.05, 4.69) is 4.98 Å². The molecule has 0 N–H and O–H groups in total. The zero-order chi connectivity index (χ0) is 7.56. The van der Waals surface area contributed by atoms with Crippen LogP contribution in [0, 0.1) is 24.1 Å². The SMILES string of the molecule is Cc1ccnc(C#N)c1F. The van der Waals surface area contributed by atoms with Crippen molar-refractivity contribution < 1.29 is 4.39 Å². The first-order valence-electron chi connectivity index (χ1n) is 2.77. The summed E-state index contributed by atoms with van der Waals surface area (Å²) in [7, 11) is 0. The van der Waals surface area contributed by atoms with E-state index >= 15 is 0 Å². The molecule has 10 heavy (non-hydrogen) atoms. The highest BCUT2D eigenvalue weighted by Gasteiger charge is 2.02. The molecule has 1 heterocycles. The molecule has 0 aliphatic carbocycles. The maximum Gasteiger partial charge on any atom is 0.176 e. The lowest BCUT2D eigenvalue weighted by Gasteiger charge is -1.93. The number of aromatic nitrogens is 1. The molecular weight excluding hydrogens is 131 g/mol. The molecule has 0 amide bonds. The van der Waals surface area contributed by atoms with Crippen molar-refractivity contribution in [2.45, 2.75) is 6.92 Å². The molecular formula is C7H5FN2. The van der Waals surface area contributed by atoms with Crippen molar-refractivity contribution in [2.75, 3.05) is 0 Å². The number of nitrogens with zero attached hydrogens (tertiary/aromatic N) is 2. The van der Waals surface area contributed by atoms with E-state index < -0.39 is 5.82 Å². The van der Waals surface area contributed by atoms with E-state index in [-0.39, 0.29) is 5.69 Å². The predicted molar refractivity (Wildman–Crippen MR) is 33.6 cm³/mol. The van der Waals surface area contributed by atoms with Crippen LogP contribution in [0.3, 0.4) is 0 Å². The van der Waals surface area contributed by atoms with Gasteiger partial charge in [0, 0.05) is 6.20 Å². The minimum atomic E-state index is -0.523. The first-order valence-corrected chi connectivity index (χ1v) is 2.77. The van der Waals surface area contributed by atoms with E-state index in [4.69, 9.17) is 5.26 Å². The summed E-state index contributed by atoms with van der Waals surface area (Å²) in [5.74, 6) is -0.523. The fraction of sp³-hybridized carbons (Fsp3) is 0.143. The van der Waals surface area contributed by atoms with Gasteiger partial charge in [-0.2, -0.15) is 5.26 Å². The topological polar surface area (TPSA) is 36.7 Å². The maximum atomic E-state index is 12.7. The Morgan fingerprint density at radius 1 is 1.70 bits per heavy atom. The third kappa shape index (κ3) is 0.960. The molecule has 0 unspecified atom stereocenters. The highest BCUT2D eigenvalue weighted by Crippen LogP contribution is 2.06. The van der Waals surface area contributed by atoms with E-state index in [1.807, 2.05) is 0 Å². The van der Waals surface area contributed by atoms with Gasteiger partial charge in [0.15, 0.2) is 11.5 Å². The quantitative estimate of drug-likeness (QED) is 0.540. The fourth-order valence-electron chi connectivity index (χ4n) is 0.618. The Balaban J connectivity index is 3.31. The van der Waals surface area contributed by atoms with Gasteiger partial charge in [-0.25, -0.2) is 9.37 Å². The van der Waals surface area contributed by atoms with E-state index in [0.717, 1.165) is 0 Å². The van der Waals surface area contributed by atoms with Crippen LogP contribution in [0.5, 0.6) is 0 Å². The molecule has 2 nitrogen and oxygen atoms in total. The molecule has 0 saturated carbocycles. The van der Waals surface area contributed by atoms with Gasteiger partial charge >= 0.3 is 0 Å². The average molecular weight is 136 g/mol. The van der Waals surface area contributed by atoms with E-state index in [0.29, 0.717) is 5.56 Å². The summed E-state index contributed by atoms with van der Waals surface area (Å²) in [5.41, 5.74) is 0.312.